The van der Waals surface area contributed by atoms with E-state index >= 15 is 0 Å². The first-order chi connectivity index (χ1) is 7.25. The SMILES string of the molecule is Fc1ccc(OC2CCOCC2)c(Br)c1. The molecule has 0 radical (unpaired) electrons. The lowest BCUT2D eigenvalue weighted by atomic mass is 10.1. The van der Waals surface area contributed by atoms with Crippen LogP contribution in [-0.2, 0) is 4.74 Å². The number of halogens is 2. The third kappa shape index (κ3) is 2.92. The second-order valence-corrected chi connectivity index (χ2v) is 4.36. The fourth-order valence-corrected chi connectivity index (χ4v) is 1.99. The molecule has 4 heteroatoms. The van der Waals surface area contributed by atoms with Gasteiger partial charge in [0.15, 0.2) is 0 Å². The molecule has 2 nitrogen and oxygen atoms in total. The summed E-state index contributed by atoms with van der Waals surface area (Å²) in [6.45, 7) is 1.48. The van der Waals surface area contributed by atoms with E-state index in [1.165, 1.54) is 12.1 Å². The first-order valence-corrected chi connectivity index (χ1v) is 5.74. The Morgan fingerprint density at radius 1 is 1.33 bits per heavy atom. The first kappa shape index (κ1) is 10.9. The largest absolute Gasteiger partial charge is 0.489 e. The van der Waals surface area contributed by atoms with Crippen molar-refractivity contribution in [3.8, 4) is 5.75 Å². The van der Waals surface area contributed by atoms with Crippen molar-refractivity contribution in [2.75, 3.05) is 13.2 Å². The Hall–Kier alpha value is -0.610. The zero-order chi connectivity index (χ0) is 10.7. The Balaban J connectivity index is 2.03. The van der Waals surface area contributed by atoms with Crippen LogP contribution < -0.4 is 4.74 Å². The van der Waals surface area contributed by atoms with Gasteiger partial charge in [-0.05, 0) is 34.1 Å². The molecule has 0 N–H and O–H groups in total. The van der Waals surface area contributed by atoms with Crippen LogP contribution >= 0.6 is 15.9 Å². The van der Waals surface area contributed by atoms with Gasteiger partial charge in [0.25, 0.3) is 0 Å². The highest BCUT2D eigenvalue weighted by Gasteiger charge is 2.16. The van der Waals surface area contributed by atoms with Crippen LogP contribution in [0.2, 0.25) is 0 Å². The summed E-state index contributed by atoms with van der Waals surface area (Å²) in [6, 6.07) is 4.46. The molecule has 0 atom stereocenters. The molecule has 0 spiro atoms. The van der Waals surface area contributed by atoms with Crippen LogP contribution in [0.4, 0.5) is 4.39 Å². The van der Waals surface area contributed by atoms with E-state index in [9.17, 15) is 4.39 Å². The van der Waals surface area contributed by atoms with E-state index in [-0.39, 0.29) is 11.9 Å². The normalized spacial score (nSPS) is 17.7. The highest BCUT2D eigenvalue weighted by atomic mass is 79.9. The standard InChI is InChI=1S/C11H12BrFO2/c12-10-7-8(13)1-2-11(10)15-9-3-5-14-6-4-9/h1-2,7,9H,3-6H2. The summed E-state index contributed by atoms with van der Waals surface area (Å²) < 4.78 is 24.5. The van der Waals surface area contributed by atoms with Crippen LogP contribution in [0.5, 0.6) is 5.75 Å². The van der Waals surface area contributed by atoms with Crippen LogP contribution in [-0.4, -0.2) is 19.3 Å². The molecule has 0 bridgehead atoms. The second-order valence-electron chi connectivity index (χ2n) is 3.50. The van der Waals surface area contributed by atoms with Gasteiger partial charge in [0.1, 0.15) is 17.7 Å². The molecule has 1 aliphatic heterocycles. The number of hydrogen-bond donors (Lipinski definition) is 0. The molecule has 1 fully saturated rings. The number of benzene rings is 1. The minimum Gasteiger partial charge on any atom is -0.489 e. The van der Waals surface area contributed by atoms with Crippen molar-refractivity contribution < 1.29 is 13.9 Å². The molecular formula is C11H12BrFO2. The van der Waals surface area contributed by atoms with Crippen molar-refractivity contribution in [3.63, 3.8) is 0 Å². The summed E-state index contributed by atoms with van der Waals surface area (Å²) in [4.78, 5) is 0. The van der Waals surface area contributed by atoms with E-state index in [2.05, 4.69) is 15.9 Å². The van der Waals surface area contributed by atoms with Gasteiger partial charge in [-0.15, -0.1) is 0 Å². The monoisotopic (exact) mass is 274 g/mol. The predicted octanol–water partition coefficient (Wildman–Crippen LogP) is 3.15. The van der Waals surface area contributed by atoms with E-state index in [0.29, 0.717) is 10.2 Å². The average molecular weight is 275 g/mol. The fraction of sp³-hybridized carbons (Fsp3) is 0.455. The van der Waals surface area contributed by atoms with Gasteiger partial charge in [-0.3, -0.25) is 0 Å². The summed E-state index contributed by atoms with van der Waals surface area (Å²) >= 11 is 3.28. The van der Waals surface area contributed by atoms with Crippen molar-refractivity contribution in [2.24, 2.45) is 0 Å². The zero-order valence-electron chi connectivity index (χ0n) is 8.21. The van der Waals surface area contributed by atoms with Crippen LogP contribution in [0.15, 0.2) is 22.7 Å². The third-order valence-corrected chi connectivity index (χ3v) is 2.98. The molecule has 0 amide bonds. The molecule has 1 heterocycles. The van der Waals surface area contributed by atoms with Crippen LogP contribution in [0.1, 0.15) is 12.8 Å². The molecule has 15 heavy (non-hydrogen) atoms. The lowest BCUT2D eigenvalue weighted by molar-refractivity contribution is 0.0252. The van der Waals surface area contributed by atoms with E-state index in [1.807, 2.05) is 0 Å². The van der Waals surface area contributed by atoms with Gasteiger partial charge in [-0.25, -0.2) is 4.39 Å². The van der Waals surface area contributed by atoms with Gasteiger partial charge in [0.05, 0.1) is 17.7 Å². The molecule has 1 aliphatic rings. The minimum absolute atomic E-state index is 0.181. The van der Waals surface area contributed by atoms with Crippen molar-refractivity contribution in [3.05, 3.63) is 28.5 Å². The van der Waals surface area contributed by atoms with Crippen molar-refractivity contribution in [2.45, 2.75) is 18.9 Å². The third-order valence-electron chi connectivity index (χ3n) is 2.36. The predicted molar refractivity (Wildman–Crippen MR) is 58.6 cm³/mol. The Morgan fingerprint density at radius 2 is 2.07 bits per heavy atom. The molecule has 0 unspecified atom stereocenters. The highest BCUT2D eigenvalue weighted by molar-refractivity contribution is 9.10. The second kappa shape index (κ2) is 4.94. The van der Waals surface area contributed by atoms with Gasteiger partial charge >= 0.3 is 0 Å². The van der Waals surface area contributed by atoms with Crippen LogP contribution in [0.25, 0.3) is 0 Å². The summed E-state index contributed by atoms with van der Waals surface area (Å²) in [5, 5.41) is 0. The fourth-order valence-electron chi connectivity index (χ4n) is 1.54. The minimum atomic E-state index is -0.263. The lowest BCUT2D eigenvalue weighted by Gasteiger charge is -2.23. The van der Waals surface area contributed by atoms with Gasteiger partial charge in [0, 0.05) is 12.8 Å². The quantitative estimate of drug-likeness (QED) is 0.825. The van der Waals surface area contributed by atoms with Crippen molar-refractivity contribution in [1.29, 1.82) is 0 Å². The van der Waals surface area contributed by atoms with Crippen LogP contribution in [0, 0.1) is 5.82 Å². The summed E-state index contributed by atoms with van der Waals surface area (Å²) in [6.07, 6.45) is 1.97. The maximum Gasteiger partial charge on any atom is 0.134 e. The lowest BCUT2D eigenvalue weighted by Crippen LogP contribution is -2.25. The van der Waals surface area contributed by atoms with Gasteiger partial charge in [-0.1, -0.05) is 0 Å². The van der Waals surface area contributed by atoms with E-state index < -0.39 is 0 Å². The number of rotatable bonds is 2. The van der Waals surface area contributed by atoms with Gasteiger partial charge in [-0.2, -0.15) is 0 Å². The van der Waals surface area contributed by atoms with Crippen LogP contribution in [0.3, 0.4) is 0 Å². The highest BCUT2D eigenvalue weighted by Crippen LogP contribution is 2.27. The van der Waals surface area contributed by atoms with E-state index in [1.54, 1.807) is 6.07 Å². The number of hydrogen-bond acceptors (Lipinski definition) is 2. The topological polar surface area (TPSA) is 18.5 Å². The van der Waals surface area contributed by atoms with Gasteiger partial charge < -0.3 is 9.47 Å². The van der Waals surface area contributed by atoms with Gasteiger partial charge in [0.2, 0.25) is 0 Å². The Morgan fingerprint density at radius 3 is 2.73 bits per heavy atom. The Labute approximate surface area is 96.5 Å². The van der Waals surface area contributed by atoms with Crippen molar-refractivity contribution in [1.82, 2.24) is 0 Å². The molecule has 1 aromatic rings. The average Bonchev–Trinajstić information content (AvgIpc) is 2.24. The summed E-state index contributed by atoms with van der Waals surface area (Å²) in [5.74, 6) is 0.435. The molecule has 0 saturated carbocycles. The summed E-state index contributed by atoms with van der Waals surface area (Å²) in [7, 11) is 0. The van der Waals surface area contributed by atoms with E-state index in [0.717, 1.165) is 26.1 Å². The smallest absolute Gasteiger partial charge is 0.134 e. The molecular weight excluding hydrogens is 263 g/mol. The maximum atomic E-state index is 12.8. The maximum absolute atomic E-state index is 12.8. The first-order valence-electron chi connectivity index (χ1n) is 4.95. The Bertz CT molecular complexity index is 337. The molecule has 82 valence electrons. The molecule has 2 rings (SSSR count). The number of ether oxygens (including phenoxy) is 2. The summed E-state index contributed by atoms with van der Waals surface area (Å²) in [5.41, 5.74) is 0. The van der Waals surface area contributed by atoms with E-state index in [4.69, 9.17) is 9.47 Å². The molecule has 0 aliphatic carbocycles. The Kier molecular flexibility index (Phi) is 3.59. The van der Waals surface area contributed by atoms with Crippen molar-refractivity contribution >= 4 is 15.9 Å². The molecule has 1 saturated heterocycles. The zero-order valence-corrected chi connectivity index (χ0v) is 9.80. The molecule has 0 aromatic heterocycles. The molecule has 1 aromatic carbocycles.